The number of carbonyl (C=O) groups is 1. The summed E-state index contributed by atoms with van der Waals surface area (Å²) < 4.78 is 20.5. The van der Waals surface area contributed by atoms with E-state index in [1.807, 2.05) is 6.07 Å². The maximum absolute atomic E-state index is 11.6. The second-order valence-electron chi connectivity index (χ2n) is 3.97. The summed E-state index contributed by atoms with van der Waals surface area (Å²) in [7, 11) is 4.50. The van der Waals surface area contributed by atoms with Gasteiger partial charge in [-0.3, -0.25) is 4.79 Å². The van der Waals surface area contributed by atoms with Crippen molar-refractivity contribution in [1.29, 1.82) is 5.26 Å². The van der Waals surface area contributed by atoms with E-state index >= 15 is 0 Å². The number of benzene rings is 1. The fourth-order valence-electron chi connectivity index (χ4n) is 1.67. The molecule has 1 aromatic carbocycles. The second-order valence-corrected chi connectivity index (χ2v) is 3.97. The maximum atomic E-state index is 11.6. The molecule has 0 unspecified atom stereocenters. The monoisotopic (exact) mass is 279 g/mol. The molecule has 0 aliphatic rings. The Labute approximate surface area is 117 Å². The first kappa shape index (κ1) is 15.6. The van der Waals surface area contributed by atoms with Crippen molar-refractivity contribution in [2.24, 2.45) is 0 Å². The summed E-state index contributed by atoms with van der Waals surface area (Å²) in [4.78, 5) is 11.6. The molecule has 0 heterocycles. The fourth-order valence-corrected chi connectivity index (χ4v) is 1.67. The number of rotatable bonds is 6. The summed E-state index contributed by atoms with van der Waals surface area (Å²) in [6.45, 7) is 1.51. The van der Waals surface area contributed by atoms with Crippen LogP contribution in [0.25, 0.3) is 0 Å². The van der Waals surface area contributed by atoms with Crippen LogP contribution in [0.4, 0.5) is 0 Å². The Balaban J connectivity index is 2.97. The van der Waals surface area contributed by atoms with Gasteiger partial charge in [0.2, 0.25) is 5.75 Å². The minimum Gasteiger partial charge on any atom is -0.493 e. The average molecular weight is 279 g/mol. The molecule has 0 fully saturated rings. The lowest BCUT2D eigenvalue weighted by Crippen LogP contribution is -2.15. The number of esters is 1. The molecule has 0 saturated carbocycles. The molecule has 0 saturated heterocycles. The molecule has 6 nitrogen and oxygen atoms in total. The van der Waals surface area contributed by atoms with Gasteiger partial charge in [0.1, 0.15) is 6.07 Å². The minimum absolute atomic E-state index is 0.0166. The van der Waals surface area contributed by atoms with E-state index in [0.717, 1.165) is 0 Å². The quantitative estimate of drug-likeness (QED) is 0.738. The van der Waals surface area contributed by atoms with Crippen LogP contribution in [0.1, 0.15) is 12.5 Å². The molecular formula is C14H17NO5. The molecule has 1 rings (SSSR count). The van der Waals surface area contributed by atoms with E-state index in [1.165, 1.54) is 28.3 Å². The van der Waals surface area contributed by atoms with Gasteiger partial charge in [-0.2, -0.15) is 5.26 Å². The van der Waals surface area contributed by atoms with E-state index in [1.54, 1.807) is 12.1 Å². The van der Waals surface area contributed by atoms with Crippen LogP contribution < -0.4 is 14.2 Å². The van der Waals surface area contributed by atoms with Gasteiger partial charge in [-0.05, 0) is 24.6 Å². The van der Waals surface area contributed by atoms with Crippen molar-refractivity contribution in [3.63, 3.8) is 0 Å². The summed E-state index contributed by atoms with van der Waals surface area (Å²) in [6, 6.07) is 5.17. The van der Waals surface area contributed by atoms with E-state index in [0.29, 0.717) is 22.8 Å². The molecule has 0 N–H and O–H groups in total. The Kier molecular flexibility index (Phi) is 5.66. The van der Waals surface area contributed by atoms with Crippen LogP contribution in [0, 0.1) is 11.3 Å². The van der Waals surface area contributed by atoms with Crippen molar-refractivity contribution < 1.29 is 23.7 Å². The smallest absolute Gasteiger partial charge is 0.311 e. The van der Waals surface area contributed by atoms with Crippen LogP contribution >= 0.6 is 0 Å². The third-order valence-corrected chi connectivity index (χ3v) is 2.56. The van der Waals surface area contributed by atoms with E-state index in [9.17, 15) is 4.79 Å². The van der Waals surface area contributed by atoms with Crippen LogP contribution in [0.3, 0.4) is 0 Å². The summed E-state index contributed by atoms with van der Waals surface area (Å²) in [6.07, 6.45) is -0.757. The summed E-state index contributed by atoms with van der Waals surface area (Å²) >= 11 is 0. The van der Waals surface area contributed by atoms with E-state index in [4.69, 9.17) is 24.2 Å². The zero-order chi connectivity index (χ0) is 15.1. The molecule has 0 aliphatic carbocycles. The molecule has 1 aromatic rings. The highest BCUT2D eigenvalue weighted by molar-refractivity contribution is 5.74. The molecule has 6 heteroatoms. The Morgan fingerprint density at radius 2 is 1.75 bits per heavy atom. The first-order chi connectivity index (χ1) is 9.55. The van der Waals surface area contributed by atoms with Crippen molar-refractivity contribution in [1.82, 2.24) is 0 Å². The number of carbonyl (C=O) groups excluding carboxylic acids is 1. The lowest BCUT2D eigenvalue weighted by Gasteiger charge is -2.14. The van der Waals surface area contributed by atoms with Gasteiger partial charge in [-0.15, -0.1) is 0 Å². The number of nitriles is 1. The largest absolute Gasteiger partial charge is 0.493 e. The lowest BCUT2D eigenvalue weighted by molar-refractivity contribution is -0.145. The number of nitrogens with zero attached hydrogens (tertiary/aromatic N) is 1. The summed E-state index contributed by atoms with van der Waals surface area (Å²) in [5.41, 5.74) is 0.648. The Bertz CT molecular complexity index is 496. The van der Waals surface area contributed by atoms with Crippen molar-refractivity contribution in [3.05, 3.63) is 17.7 Å². The lowest BCUT2D eigenvalue weighted by atomic mass is 10.1. The molecule has 1 atom stereocenters. The van der Waals surface area contributed by atoms with Gasteiger partial charge in [-0.1, -0.05) is 0 Å². The number of methoxy groups -OCH3 is 3. The molecule has 0 aliphatic heterocycles. The molecule has 0 aromatic heterocycles. The van der Waals surface area contributed by atoms with Crippen LogP contribution in [0.2, 0.25) is 0 Å². The van der Waals surface area contributed by atoms with Crippen molar-refractivity contribution in [3.8, 4) is 23.3 Å². The highest BCUT2D eigenvalue weighted by Crippen LogP contribution is 2.38. The van der Waals surface area contributed by atoms with Crippen LogP contribution in [0.5, 0.6) is 17.2 Å². The molecule has 0 radical (unpaired) electrons. The number of hydrogen-bond donors (Lipinski definition) is 0. The maximum Gasteiger partial charge on any atom is 0.311 e. The zero-order valence-electron chi connectivity index (χ0n) is 11.9. The predicted molar refractivity (Wildman–Crippen MR) is 71.0 cm³/mol. The topological polar surface area (TPSA) is 77.8 Å². The average Bonchev–Trinajstić information content (AvgIpc) is 2.45. The van der Waals surface area contributed by atoms with Gasteiger partial charge >= 0.3 is 5.97 Å². The minimum atomic E-state index is -0.774. The van der Waals surface area contributed by atoms with Crippen LogP contribution in [-0.4, -0.2) is 33.4 Å². The normalized spacial score (nSPS) is 11.2. The van der Waals surface area contributed by atoms with E-state index < -0.39 is 12.1 Å². The molecular weight excluding hydrogens is 262 g/mol. The standard InChI is InChI=1S/C14H17NO5/c1-9(8-15)20-13(16)7-10-5-11(17-2)14(19-4)12(6-10)18-3/h5-6,9H,7H2,1-4H3/t9-/m1/s1. The number of hydrogen-bond acceptors (Lipinski definition) is 6. The highest BCUT2D eigenvalue weighted by Gasteiger charge is 2.16. The fraction of sp³-hybridized carbons (Fsp3) is 0.429. The van der Waals surface area contributed by atoms with Gasteiger partial charge in [0, 0.05) is 0 Å². The van der Waals surface area contributed by atoms with Crippen molar-refractivity contribution in [2.45, 2.75) is 19.4 Å². The Hall–Kier alpha value is -2.42. The SMILES string of the molecule is COc1cc(CC(=O)O[C@H](C)C#N)cc(OC)c1OC. The molecule has 0 bridgehead atoms. The molecule has 0 amide bonds. The van der Waals surface area contributed by atoms with Gasteiger partial charge in [0.25, 0.3) is 0 Å². The van der Waals surface area contributed by atoms with Gasteiger partial charge < -0.3 is 18.9 Å². The molecule has 108 valence electrons. The third-order valence-electron chi connectivity index (χ3n) is 2.56. The van der Waals surface area contributed by atoms with E-state index in [-0.39, 0.29) is 6.42 Å². The van der Waals surface area contributed by atoms with Crippen LogP contribution in [0.15, 0.2) is 12.1 Å². The predicted octanol–water partition coefficient (Wildman–Crippen LogP) is 1.71. The zero-order valence-corrected chi connectivity index (χ0v) is 11.9. The van der Waals surface area contributed by atoms with Gasteiger partial charge in [-0.25, -0.2) is 0 Å². The molecule has 0 spiro atoms. The van der Waals surface area contributed by atoms with Crippen molar-refractivity contribution >= 4 is 5.97 Å². The molecule has 20 heavy (non-hydrogen) atoms. The van der Waals surface area contributed by atoms with Gasteiger partial charge in [0.05, 0.1) is 27.8 Å². The Morgan fingerprint density at radius 3 is 2.15 bits per heavy atom. The Morgan fingerprint density at radius 1 is 1.20 bits per heavy atom. The summed E-state index contributed by atoms with van der Waals surface area (Å²) in [5.74, 6) is 0.886. The van der Waals surface area contributed by atoms with Crippen molar-refractivity contribution in [2.75, 3.05) is 21.3 Å². The number of ether oxygens (including phenoxy) is 4. The summed E-state index contributed by atoms with van der Waals surface area (Å²) in [5, 5.41) is 8.60. The van der Waals surface area contributed by atoms with E-state index in [2.05, 4.69) is 0 Å². The second kappa shape index (κ2) is 7.24. The first-order valence-electron chi connectivity index (χ1n) is 5.93. The van der Waals surface area contributed by atoms with Gasteiger partial charge in [0.15, 0.2) is 17.6 Å². The highest BCUT2D eigenvalue weighted by atomic mass is 16.5. The third kappa shape index (κ3) is 3.79. The van der Waals surface area contributed by atoms with Crippen LogP contribution in [-0.2, 0) is 16.0 Å². The first-order valence-corrected chi connectivity index (χ1v) is 5.93.